The summed E-state index contributed by atoms with van der Waals surface area (Å²) >= 11 is 0. The number of nitrogens with zero attached hydrogens (tertiary/aromatic N) is 4. The van der Waals surface area contributed by atoms with Gasteiger partial charge < -0.3 is 16.2 Å². The van der Waals surface area contributed by atoms with Crippen LogP contribution in [-0.4, -0.2) is 41.6 Å². The van der Waals surface area contributed by atoms with Crippen LogP contribution in [-0.2, 0) is 29.9 Å². The molecule has 0 saturated carbocycles. The number of benzene rings is 2. The molecule has 3 unspecified atom stereocenters. The van der Waals surface area contributed by atoms with Crippen molar-refractivity contribution in [1.82, 2.24) is 30.3 Å². The highest BCUT2D eigenvalue weighted by atomic mass is 19.4. The molecule has 1 amide bonds. The van der Waals surface area contributed by atoms with Gasteiger partial charge in [0.25, 0.3) is 0 Å². The Balaban J connectivity index is 1.33. The third-order valence-electron chi connectivity index (χ3n) is 8.65. The molecule has 3 aromatic heterocycles. The maximum atomic E-state index is 15.4. The summed E-state index contributed by atoms with van der Waals surface area (Å²) in [6.07, 6.45) is -5.43. The average Bonchev–Trinajstić information content (AvgIpc) is 3.62. The highest BCUT2D eigenvalue weighted by Crippen LogP contribution is 2.58. The number of nitrogen functional groups attached to an aromatic ring is 1. The van der Waals surface area contributed by atoms with Gasteiger partial charge in [0, 0.05) is 22.6 Å². The minimum absolute atomic E-state index is 0.0534. The first kappa shape index (κ1) is 34.6. The van der Waals surface area contributed by atoms with E-state index in [0.717, 1.165) is 12.1 Å². The first-order valence-electron chi connectivity index (χ1n) is 15.7. The molecule has 0 spiro atoms. The minimum atomic E-state index is -5.11. The van der Waals surface area contributed by atoms with Gasteiger partial charge >= 0.3 is 12.1 Å². The fourth-order valence-corrected chi connectivity index (χ4v) is 6.41. The van der Waals surface area contributed by atoms with E-state index in [0.29, 0.717) is 32.8 Å². The molecule has 52 heavy (non-hydrogen) atoms. The van der Waals surface area contributed by atoms with Gasteiger partial charge in [0.1, 0.15) is 41.1 Å². The SMILES string of the molecule is CC(C)(O)C#Cc1ccc(-c2ccc3[nH]nc(N)c3c2)c(C(Cc2cc(F)cc(F)c2)NC(=O)Cn2nc(C(F)(F)F)c3c2C(F)(F)C2C#CC32)n1. The Bertz CT molecular complexity index is 2380. The number of carbonyl (C=O) groups is 1. The van der Waals surface area contributed by atoms with E-state index in [2.05, 4.69) is 49.3 Å². The van der Waals surface area contributed by atoms with Gasteiger partial charge in [-0.25, -0.2) is 13.8 Å². The van der Waals surface area contributed by atoms with Crippen molar-refractivity contribution in [1.29, 1.82) is 0 Å². The number of aromatic nitrogens is 5. The number of pyridine rings is 1. The summed E-state index contributed by atoms with van der Waals surface area (Å²) in [5.41, 5.74) is 2.95. The lowest BCUT2D eigenvalue weighted by atomic mass is 9.84. The summed E-state index contributed by atoms with van der Waals surface area (Å²) in [7, 11) is 0. The monoisotopic (exact) mass is 721 g/mol. The van der Waals surface area contributed by atoms with Gasteiger partial charge in [-0.05, 0) is 73.7 Å². The van der Waals surface area contributed by atoms with Crippen LogP contribution in [0.3, 0.4) is 0 Å². The molecule has 3 atom stereocenters. The molecular weight excluding hydrogens is 695 g/mol. The smallest absolute Gasteiger partial charge is 0.382 e. The van der Waals surface area contributed by atoms with Crippen molar-refractivity contribution in [2.45, 2.75) is 56.5 Å². The lowest BCUT2D eigenvalue weighted by molar-refractivity contribution is -0.142. The second-order valence-corrected chi connectivity index (χ2v) is 13.0. The summed E-state index contributed by atoms with van der Waals surface area (Å²) in [6, 6.07) is 9.59. The molecule has 2 aliphatic carbocycles. The normalized spacial score (nSPS) is 17.7. The quantitative estimate of drug-likeness (QED) is 0.125. The van der Waals surface area contributed by atoms with Crippen LogP contribution in [0.1, 0.15) is 59.7 Å². The van der Waals surface area contributed by atoms with Crippen molar-refractivity contribution in [2.24, 2.45) is 5.92 Å². The highest BCUT2D eigenvalue weighted by molar-refractivity contribution is 5.92. The van der Waals surface area contributed by atoms with E-state index in [1.165, 1.54) is 19.9 Å². The standard InChI is InChI=1S/C36H26F7N7O2/c1-34(2,52)10-9-21-4-5-22(18-3-8-26-24(14-18)33(44)48-47-26)30(45-21)27(13-17-11-19(37)15-20(38)12-17)46-28(51)16-50-32-29(31(49-50)36(41,42)43)23-6-7-25(23)35(32,39)40/h3-5,8,11-12,14-15,23,25,27,52H,13,16H2,1-2H3,(H,46,51)(H3,44,47,48). The molecule has 9 nitrogen and oxygen atoms in total. The lowest BCUT2D eigenvalue weighted by Gasteiger charge is -2.24. The van der Waals surface area contributed by atoms with Crippen molar-refractivity contribution in [3.05, 3.63) is 94.1 Å². The second-order valence-electron chi connectivity index (χ2n) is 13.0. The molecule has 0 bridgehead atoms. The zero-order valence-electron chi connectivity index (χ0n) is 27.1. The van der Waals surface area contributed by atoms with Gasteiger partial charge in [0.15, 0.2) is 11.5 Å². The Hall–Kier alpha value is -5.87. The van der Waals surface area contributed by atoms with Gasteiger partial charge in [-0.1, -0.05) is 23.8 Å². The van der Waals surface area contributed by atoms with Crippen LogP contribution in [0.25, 0.3) is 22.0 Å². The summed E-state index contributed by atoms with van der Waals surface area (Å²) in [4.78, 5) is 18.4. The fraction of sp³-hybridized carbons (Fsp3) is 0.278. The van der Waals surface area contributed by atoms with Crippen LogP contribution in [0.5, 0.6) is 0 Å². The van der Waals surface area contributed by atoms with Crippen LogP contribution in [0.2, 0.25) is 0 Å². The minimum Gasteiger partial charge on any atom is -0.382 e. The fourth-order valence-electron chi connectivity index (χ4n) is 6.41. The van der Waals surface area contributed by atoms with Crippen LogP contribution < -0.4 is 11.1 Å². The Labute approximate surface area is 290 Å². The summed E-state index contributed by atoms with van der Waals surface area (Å²) < 4.78 is 102. The Morgan fingerprint density at radius 2 is 1.85 bits per heavy atom. The zero-order valence-corrected chi connectivity index (χ0v) is 27.1. The van der Waals surface area contributed by atoms with E-state index < -0.39 is 76.6 Å². The van der Waals surface area contributed by atoms with E-state index in [-0.39, 0.29) is 29.2 Å². The molecule has 7 rings (SSSR count). The Kier molecular flexibility index (Phi) is 8.06. The third kappa shape index (κ3) is 6.30. The number of anilines is 1. The molecule has 0 radical (unpaired) electrons. The first-order chi connectivity index (χ1) is 24.4. The molecule has 3 heterocycles. The Morgan fingerprint density at radius 1 is 1.12 bits per heavy atom. The van der Waals surface area contributed by atoms with Gasteiger partial charge in [-0.2, -0.15) is 32.1 Å². The third-order valence-corrected chi connectivity index (χ3v) is 8.65. The van der Waals surface area contributed by atoms with Gasteiger partial charge in [-0.3, -0.25) is 14.6 Å². The van der Waals surface area contributed by atoms with Crippen molar-refractivity contribution in [2.75, 3.05) is 5.73 Å². The summed E-state index contributed by atoms with van der Waals surface area (Å²) in [5, 5.41) is 23.5. The second kappa shape index (κ2) is 12.1. The number of rotatable bonds is 7. The molecule has 16 heteroatoms. The molecular formula is C36H26F7N7O2. The van der Waals surface area contributed by atoms with Gasteiger partial charge in [-0.15, -0.1) is 0 Å². The number of hydrogen-bond acceptors (Lipinski definition) is 6. The molecule has 2 aliphatic rings. The van der Waals surface area contributed by atoms with Gasteiger partial charge in [0.2, 0.25) is 5.91 Å². The van der Waals surface area contributed by atoms with Crippen molar-refractivity contribution < 1.29 is 40.6 Å². The molecule has 0 fully saturated rings. The number of aromatic amines is 1. The number of aliphatic hydroxyl groups is 1. The van der Waals surface area contributed by atoms with Crippen molar-refractivity contribution >= 4 is 22.6 Å². The molecule has 0 aliphatic heterocycles. The largest absolute Gasteiger partial charge is 0.435 e. The number of alkyl halides is 5. The van der Waals surface area contributed by atoms with Crippen LogP contribution >= 0.6 is 0 Å². The maximum Gasteiger partial charge on any atom is 0.435 e. The van der Waals surface area contributed by atoms with E-state index in [1.54, 1.807) is 24.3 Å². The van der Waals surface area contributed by atoms with E-state index in [4.69, 9.17) is 5.73 Å². The average molecular weight is 722 g/mol. The number of H-pyrrole nitrogens is 1. The van der Waals surface area contributed by atoms with E-state index in [9.17, 15) is 31.9 Å². The van der Waals surface area contributed by atoms with Crippen molar-refractivity contribution in [3.63, 3.8) is 0 Å². The number of nitrogens with one attached hydrogen (secondary N) is 2. The highest BCUT2D eigenvalue weighted by Gasteiger charge is 2.62. The van der Waals surface area contributed by atoms with E-state index in [1.807, 2.05) is 0 Å². The van der Waals surface area contributed by atoms with Crippen LogP contribution in [0.4, 0.5) is 36.6 Å². The zero-order chi connectivity index (χ0) is 37.3. The molecule has 2 aromatic carbocycles. The first-order valence-corrected chi connectivity index (χ1v) is 15.7. The number of carbonyl (C=O) groups excluding carboxylic acids is 1. The lowest BCUT2D eigenvalue weighted by Crippen LogP contribution is -2.36. The van der Waals surface area contributed by atoms with E-state index >= 15 is 8.78 Å². The number of nitrogens with two attached hydrogens (primary N) is 1. The summed E-state index contributed by atoms with van der Waals surface area (Å²) in [6.45, 7) is 1.81. The number of amides is 1. The molecule has 5 aromatic rings. The summed E-state index contributed by atoms with van der Waals surface area (Å²) in [5.74, 6) is 0.309. The van der Waals surface area contributed by atoms with Crippen LogP contribution in [0, 0.1) is 41.2 Å². The van der Waals surface area contributed by atoms with Crippen molar-refractivity contribution in [3.8, 4) is 34.8 Å². The number of halogens is 7. The Morgan fingerprint density at radius 3 is 2.50 bits per heavy atom. The molecule has 266 valence electrons. The maximum absolute atomic E-state index is 15.4. The predicted molar refractivity (Wildman–Crippen MR) is 173 cm³/mol. The topological polar surface area (TPSA) is 135 Å². The number of hydrogen-bond donors (Lipinski definition) is 4. The molecule has 0 saturated heterocycles. The van der Waals surface area contributed by atoms with Gasteiger partial charge in [0.05, 0.1) is 23.2 Å². The number of fused-ring (bicyclic) bond motifs is 4. The predicted octanol–water partition coefficient (Wildman–Crippen LogP) is 5.75. The van der Waals surface area contributed by atoms with Crippen LogP contribution in [0.15, 0.2) is 48.5 Å². The molecule has 5 N–H and O–H groups in total.